The molecule has 7 heteroatoms. The van der Waals surface area contributed by atoms with Crippen molar-refractivity contribution in [2.24, 2.45) is 0 Å². The molecule has 7 nitrogen and oxygen atoms in total. The summed E-state index contributed by atoms with van der Waals surface area (Å²) in [5.74, 6) is 1.48. The Hall–Kier alpha value is -1.89. The Morgan fingerprint density at radius 1 is 1.35 bits per heavy atom. The molecule has 0 unspecified atom stereocenters. The molecule has 0 aromatic carbocycles. The molecule has 1 aromatic heterocycles. The van der Waals surface area contributed by atoms with E-state index in [1.54, 1.807) is 0 Å². The number of nitrogens with one attached hydrogen (secondary N) is 2. The highest BCUT2D eigenvalue weighted by Gasteiger charge is 2.13. The normalized spacial score (nSPS) is 15.0. The molecule has 1 fully saturated rings. The standard InChI is InChI=1S/C13H21N5O2/c1-10-9-12(18-5-7-20-8-6-18)17-13(16-10)15-4-3-14-11(2)19/h9H,3-8H2,1-2H3,(H,14,19)(H,15,16,17). The van der Waals surface area contributed by atoms with Crippen LogP contribution in [0.1, 0.15) is 12.6 Å². The van der Waals surface area contributed by atoms with Gasteiger partial charge in [-0.05, 0) is 6.92 Å². The van der Waals surface area contributed by atoms with Gasteiger partial charge >= 0.3 is 0 Å². The molecule has 1 aromatic rings. The number of hydrogen-bond donors (Lipinski definition) is 2. The summed E-state index contributed by atoms with van der Waals surface area (Å²) in [7, 11) is 0. The van der Waals surface area contributed by atoms with Crippen LogP contribution in [0.3, 0.4) is 0 Å². The predicted molar refractivity (Wildman–Crippen MR) is 77.0 cm³/mol. The van der Waals surface area contributed by atoms with Crippen LogP contribution in [0.5, 0.6) is 0 Å². The lowest BCUT2D eigenvalue weighted by molar-refractivity contribution is -0.118. The number of nitrogens with zero attached hydrogens (tertiary/aromatic N) is 3. The predicted octanol–water partition coefficient (Wildman–Crippen LogP) is 0.170. The lowest BCUT2D eigenvalue weighted by Gasteiger charge is -2.28. The van der Waals surface area contributed by atoms with Crippen molar-refractivity contribution in [3.8, 4) is 0 Å². The van der Waals surface area contributed by atoms with Gasteiger partial charge in [0.1, 0.15) is 5.82 Å². The van der Waals surface area contributed by atoms with Crippen molar-refractivity contribution in [3.05, 3.63) is 11.8 Å². The molecule has 0 bridgehead atoms. The van der Waals surface area contributed by atoms with Gasteiger partial charge in [-0.15, -0.1) is 0 Å². The molecule has 110 valence electrons. The van der Waals surface area contributed by atoms with Crippen LogP contribution in [0.15, 0.2) is 6.07 Å². The van der Waals surface area contributed by atoms with Crippen LogP contribution in [0, 0.1) is 6.92 Å². The van der Waals surface area contributed by atoms with E-state index in [2.05, 4.69) is 25.5 Å². The van der Waals surface area contributed by atoms with Gasteiger partial charge in [-0.1, -0.05) is 0 Å². The molecule has 2 N–H and O–H groups in total. The van der Waals surface area contributed by atoms with Gasteiger partial charge in [0.2, 0.25) is 11.9 Å². The molecular formula is C13H21N5O2. The zero-order chi connectivity index (χ0) is 14.4. The minimum Gasteiger partial charge on any atom is -0.378 e. The molecule has 0 radical (unpaired) electrons. The summed E-state index contributed by atoms with van der Waals surface area (Å²) in [6.45, 7) is 7.77. The Bertz CT molecular complexity index is 460. The number of aryl methyl sites for hydroxylation is 1. The second kappa shape index (κ2) is 7.04. The third-order valence-electron chi connectivity index (χ3n) is 2.96. The van der Waals surface area contributed by atoms with E-state index in [-0.39, 0.29) is 5.91 Å². The Kier molecular flexibility index (Phi) is 5.11. The SMILES string of the molecule is CC(=O)NCCNc1nc(C)cc(N2CCOCC2)n1. The number of amides is 1. The molecule has 2 rings (SSSR count). The average molecular weight is 279 g/mol. The van der Waals surface area contributed by atoms with Crippen LogP contribution in [0.25, 0.3) is 0 Å². The van der Waals surface area contributed by atoms with Crippen molar-refractivity contribution in [2.45, 2.75) is 13.8 Å². The van der Waals surface area contributed by atoms with E-state index in [4.69, 9.17) is 4.74 Å². The molecule has 1 aliphatic heterocycles. The monoisotopic (exact) mass is 279 g/mol. The van der Waals surface area contributed by atoms with Crippen LogP contribution in [0.2, 0.25) is 0 Å². The van der Waals surface area contributed by atoms with Crippen LogP contribution >= 0.6 is 0 Å². The molecule has 20 heavy (non-hydrogen) atoms. The van der Waals surface area contributed by atoms with E-state index in [1.807, 2.05) is 13.0 Å². The number of carbonyl (C=O) groups is 1. The quantitative estimate of drug-likeness (QED) is 0.748. The van der Waals surface area contributed by atoms with Gasteiger partial charge in [-0.25, -0.2) is 4.98 Å². The summed E-state index contributed by atoms with van der Waals surface area (Å²) < 4.78 is 5.34. The Morgan fingerprint density at radius 3 is 2.80 bits per heavy atom. The van der Waals surface area contributed by atoms with Crippen molar-refractivity contribution in [1.29, 1.82) is 0 Å². The maximum absolute atomic E-state index is 10.8. The highest BCUT2D eigenvalue weighted by atomic mass is 16.5. The number of carbonyl (C=O) groups excluding carboxylic acids is 1. The summed E-state index contributed by atoms with van der Waals surface area (Å²) in [4.78, 5) is 21.8. The fourth-order valence-electron chi connectivity index (χ4n) is 2.00. The third-order valence-corrected chi connectivity index (χ3v) is 2.96. The van der Waals surface area contributed by atoms with E-state index < -0.39 is 0 Å². The number of rotatable bonds is 5. The molecule has 0 saturated carbocycles. The fourth-order valence-corrected chi connectivity index (χ4v) is 2.00. The van der Waals surface area contributed by atoms with Gasteiger partial charge in [0.25, 0.3) is 0 Å². The fraction of sp³-hybridized carbons (Fsp3) is 0.615. The summed E-state index contributed by atoms with van der Waals surface area (Å²) >= 11 is 0. The lowest BCUT2D eigenvalue weighted by Crippen LogP contribution is -2.37. The number of aromatic nitrogens is 2. The van der Waals surface area contributed by atoms with E-state index in [9.17, 15) is 4.79 Å². The van der Waals surface area contributed by atoms with Crippen LogP contribution in [-0.2, 0) is 9.53 Å². The van der Waals surface area contributed by atoms with Gasteiger partial charge in [0, 0.05) is 44.9 Å². The topological polar surface area (TPSA) is 79.4 Å². The third kappa shape index (κ3) is 4.34. The van der Waals surface area contributed by atoms with Crippen molar-refractivity contribution < 1.29 is 9.53 Å². The second-order valence-corrected chi connectivity index (χ2v) is 4.70. The van der Waals surface area contributed by atoms with Gasteiger partial charge in [0.15, 0.2) is 0 Å². The van der Waals surface area contributed by atoms with Crippen LogP contribution in [0.4, 0.5) is 11.8 Å². The minimum atomic E-state index is -0.0361. The van der Waals surface area contributed by atoms with Crippen LogP contribution < -0.4 is 15.5 Å². The van der Waals surface area contributed by atoms with Gasteiger partial charge in [-0.2, -0.15) is 4.98 Å². The van der Waals surface area contributed by atoms with Crippen LogP contribution in [-0.4, -0.2) is 55.3 Å². The van der Waals surface area contributed by atoms with Crippen molar-refractivity contribution >= 4 is 17.7 Å². The number of anilines is 2. The highest BCUT2D eigenvalue weighted by Crippen LogP contribution is 2.15. The highest BCUT2D eigenvalue weighted by molar-refractivity contribution is 5.72. The molecule has 0 aliphatic carbocycles. The van der Waals surface area contributed by atoms with Crippen molar-refractivity contribution in [3.63, 3.8) is 0 Å². The van der Waals surface area contributed by atoms with Gasteiger partial charge in [-0.3, -0.25) is 4.79 Å². The smallest absolute Gasteiger partial charge is 0.224 e. The first kappa shape index (κ1) is 14.5. The summed E-state index contributed by atoms with van der Waals surface area (Å²) in [6.07, 6.45) is 0. The lowest BCUT2D eigenvalue weighted by atomic mass is 10.3. The largest absolute Gasteiger partial charge is 0.378 e. The molecule has 1 aliphatic rings. The Labute approximate surface area is 118 Å². The zero-order valence-electron chi connectivity index (χ0n) is 12.0. The van der Waals surface area contributed by atoms with Crippen molar-refractivity contribution in [2.75, 3.05) is 49.6 Å². The second-order valence-electron chi connectivity index (χ2n) is 4.70. The first-order chi connectivity index (χ1) is 9.65. The first-order valence-electron chi connectivity index (χ1n) is 6.82. The first-order valence-corrected chi connectivity index (χ1v) is 6.82. The van der Waals surface area contributed by atoms with E-state index in [1.165, 1.54) is 6.92 Å². The summed E-state index contributed by atoms with van der Waals surface area (Å²) in [5.41, 5.74) is 0.920. The number of ether oxygens (including phenoxy) is 1. The molecule has 0 spiro atoms. The van der Waals surface area contributed by atoms with E-state index >= 15 is 0 Å². The zero-order valence-corrected chi connectivity index (χ0v) is 12.0. The van der Waals surface area contributed by atoms with E-state index in [0.29, 0.717) is 19.0 Å². The maximum atomic E-state index is 10.8. The molecule has 2 heterocycles. The summed E-state index contributed by atoms with van der Waals surface area (Å²) in [5, 5.41) is 5.85. The molecular weight excluding hydrogens is 258 g/mol. The molecule has 0 atom stereocenters. The van der Waals surface area contributed by atoms with Gasteiger partial charge < -0.3 is 20.3 Å². The number of morpholine rings is 1. The molecule has 1 amide bonds. The molecule has 1 saturated heterocycles. The number of hydrogen-bond acceptors (Lipinski definition) is 6. The van der Waals surface area contributed by atoms with Crippen molar-refractivity contribution in [1.82, 2.24) is 15.3 Å². The average Bonchev–Trinajstić information content (AvgIpc) is 2.44. The maximum Gasteiger partial charge on any atom is 0.224 e. The minimum absolute atomic E-state index is 0.0361. The Balaban J connectivity index is 1.95. The Morgan fingerprint density at radius 2 is 2.10 bits per heavy atom. The van der Waals surface area contributed by atoms with Gasteiger partial charge in [0.05, 0.1) is 13.2 Å². The van der Waals surface area contributed by atoms with E-state index in [0.717, 1.165) is 37.8 Å². The summed E-state index contributed by atoms with van der Waals surface area (Å²) in [6, 6.07) is 1.98.